The second-order valence-corrected chi connectivity index (χ2v) is 9.54. The van der Waals surface area contributed by atoms with Gasteiger partial charge in [0.15, 0.2) is 5.11 Å². The van der Waals surface area contributed by atoms with Crippen molar-refractivity contribution >= 4 is 39.7 Å². The number of nitrogens with one attached hydrogen (secondary N) is 2. The molecule has 0 bridgehead atoms. The van der Waals surface area contributed by atoms with E-state index in [-0.39, 0.29) is 24.4 Å². The number of carbonyl (C=O) groups is 1. The Hall–Kier alpha value is -4.56. The van der Waals surface area contributed by atoms with Gasteiger partial charge >= 0.3 is 0 Å². The van der Waals surface area contributed by atoms with Crippen LogP contribution in [0.4, 0.5) is 5.69 Å². The van der Waals surface area contributed by atoms with Crippen molar-refractivity contribution < 1.29 is 4.79 Å². The molecule has 0 spiro atoms. The highest BCUT2D eigenvalue weighted by Crippen LogP contribution is 2.39. The van der Waals surface area contributed by atoms with Gasteiger partial charge in [0, 0.05) is 60.2 Å². The Balaban J connectivity index is 1.28. The van der Waals surface area contributed by atoms with Crippen molar-refractivity contribution in [1.29, 1.82) is 0 Å². The molecule has 0 unspecified atom stereocenters. The van der Waals surface area contributed by atoms with Gasteiger partial charge in [-0.25, -0.2) is 0 Å². The van der Waals surface area contributed by atoms with Crippen LogP contribution in [0.2, 0.25) is 0 Å². The molecule has 188 valence electrons. The molecule has 1 aliphatic rings. The molecule has 4 heterocycles. The molecule has 1 saturated heterocycles. The molecule has 0 saturated carbocycles. The maximum atomic E-state index is 13.1. The number of pyridine rings is 2. The van der Waals surface area contributed by atoms with Crippen molar-refractivity contribution in [2.45, 2.75) is 18.5 Å². The number of hydrogen-bond acceptors (Lipinski definition) is 4. The summed E-state index contributed by atoms with van der Waals surface area (Å²) in [5.41, 5.74) is 3.76. The summed E-state index contributed by atoms with van der Waals surface area (Å²) in [4.78, 5) is 24.0. The number of benzene rings is 2. The highest BCUT2D eigenvalue weighted by atomic mass is 32.1. The second-order valence-electron chi connectivity index (χ2n) is 9.15. The smallest absolute Gasteiger partial charge is 0.226 e. The van der Waals surface area contributed by atoms with Crippen molar-refractivity contribution in [3.63, 3.8) is 0 Å². The van der Waals surface area contributed by atoms with Gasteiger partial charge in [-0.2, -0.15) is 0 Å². The Morgan fingerprint density at radius 3 is 2.58 bits per heavy atom. The Bertz CT molecular complexity index is 1580. The van der Waals surface area contributed by atoms with Gasteiger partial charge in [-0.15, -0.1) is 0 Å². The first-order valence-electron chi connectivity index (χ1n) is 12.5. The van der Waals surface area contributed by atoms with Crippen LogP contribution in [0, 0.1) is 0 Å². The van der Waals surface area contributed by atoms with E-state index >= 15 is 0 Å². The third-order valence-corrected chi connectivity index (χ3v) is 7.22. The lowest BCUT2D eigenvalue weighted by molar-refractivity contribution is -0.116. The van der Waals surface area contributed by atoms with Crippen LogP contribution in [0.3, 0.4) is 0 Å². The van der Waals surface area contributed by atoms with E-state index < -0.39 is 0 Å². The molecular weight excluding hydrogens is 492 g/mol. The summed E-state index contributed by atoms with van der Waals surface area (Å²) in [6.07, 6.45) is 7.67. The van der Waals surface area contributed by atoms with Crippen LogP contribution in [0.1, 0.15) is 29.9 Å². The van der Waals surface area contributed by atoms with E-state index in [2.05, 4.69) is 36.1 Å². The second kappa shape index (κ2) is 10.4. The topological polar surface area (TPSA) is 75.1 Å². The maximum Gasteiger partial charge on any atom is 0.226 e. The monoisotopic (exact) mass is 518 g/mol. The highest BCUT2D eigenvalue weighted by molar-refractivity contribution is 7.80. The number of rotatable bonds is 7. The molecule has 5 aromatic rings. The number of nitrogens with zero attached hydrogens (tertiary/aromatic N) is 4. The molecule has 8 heteroatoms. The Labute approximate surface area is 226 Å². The fourth-order valence-electron chi connectivity index (χ4n) is 5.11. The molecule has 0 aliphatic carbocycles. The van der Waals surface area contributed by atoms with Gasteiger partial charge in [-0.05, 0) is 60.1 Å². The molecule has 0 radical (unpaired) electrons. The van der Waals surface area contributed by atoms with E-state index in [1.165, 1.54) is 0 Å². The third-order valence-electron chi connectivity index (χ3n) is 6.87. The van der Waals surface area contributed by atoms with Crippen LogP contribution < -0.4 is 10.6 Å². The zero-order valence-electron chi connectivity index (χ0n) is 20.6. The van der Waals surface area contributed by atoms with Gasteiger partial charge in [0.25, 0.3) is 0 Å². The van der Waals surface area contributed by atoms with E-state index in [0.717, 1.165) is 33.5 Å². The Morgan fingerprint density at radius 2 is 1.74 bits per heavy atom. The van der Waals surface area contributed by atoms with Crippen LogP contribution in [0.25, 0.3) is 16.5 Å². The van der Waals surface area contributed by atoms with Gasteiger partial charge in [-0.1, -0.05) is 42.5 Å². The molecule has 2 atom stereocenters. The van der Waals surface area contributed by atoms with E-state index in [1.54, 1.807) is 18.6 Å². The van der Waals surface area contributed by atoms with Crippen LogP contribution in [0.5, 0.6) is 0 Å². The van der Waals surface area contributed by atoms with Crippen LogP contribution >= 0.6 is 12.2 Å². The number of thiocarbonyl (C=S) groups is 1. The Kier molecular flexibility index (Phi) is 6.54. The van der Waals surface area contributed by atoms with Gasteiger partial charge in [0.2, 0.25) is 5.91 Å². The van der Waals surface area contributed by atoms with E-state index in [4.69, 9.17) is 12.2 Å². The number of amides is 1. The minimum Gasteiger partial charge on any atom is -0.352 e. The summed E-state index contributed by atoms with van der Waals surface area (Å²) in [5, 5.41) is 9.28. The fourth-order valence-corrected chi connectivity index (χ4v) is 5.44. The molecule has 1 aliphatic heterocycles. The van der Waals surface area contributed by atoms with E-state index in [9.17, 15) is 4.79 Å². The van der Waals surface area contributed by atoms with Crippen molar-refractivity contribution in [2.24, 2.45) is 0 Å². The maximum absolute atomic E-state index is 13.1. The van der Waals surface area contributed by atoms with Crippen molar-refractivity contribution in [1.82, 2.24) is 24.8 Å². The first kappa shape index (κ1) is 23.8. The molecule has 3 aromatic heterocycles. The zero-order valence-corrected chi connectivity index (χ0v) is 21.4. The lowest BCUT2D eigenvalue weighted by Crippen LogP contribution is -2.33. The normalized spacial score (nSPS) is 16.9. The van der Waals surface area contributed by atoms with E-state index in [1.807, 2.05) is 85.1 Å². The molecule has 2 N–H and O–H groups in total. The standard InChI is InChI=1S/C30H26N6OS/c37-27(33-24-11-5-8-21-7-1-2-9-23(21)24)15-20-36-29(28(34-30(36)38)25-10-3-4-16-32-25)26-12-6-19-35(26)22-13-17-31-18-14-22/h1-14,16-19,28-29H,15,20H2,(H,33,37)(H,34,38)/t28-,29-/m0/s1. The molecule has 7 nitrogen and oxygen atoms in total. The quantitative estimate of drug-likeness (QED) is 0.280. The average Bonchev–Trinajstić information content (AvgIpc) is 3.57. The summed E-state index contributed by atoms with van der Waals surface area (Å²) in [5.74, 6) is -0.0614. The zero-order chi connectivity index (χ0) is 25.9. The van der Waals surface area contributed by atoms with Gasteiger partial charge in [-0.3, -0.25) is 14.8 Å². The molecule has 1 amide bonds. The SMILES string of the molecule is O=C(CCN1C(=S)N[C@@H](c2ccccn2)[C@@H]1c1cccn1-c1ccncc1)Nc1cccc2ccccc12. The summed E-state index contributed by atoms with van der Waals surface area (Å²) in [6.45, 7) is 0.456. The van der Waals surface area contributed by atoms with Crippen LogP contribution in [0.15, 0.2) is 110 Å². The summed E-state index contributed by atoms with van der Waals surface area (Å²) in [6, 6.07) is 27.6. The molecule has 2 aromatic carbocycles. The number of hydrogen-bond donors (Lipinski definition) is 2. The molecular formula is C30H26N6OS. The summed E-state index contributed by atoms with van der Waals surface area (Å²) in [7, 11) is 0. The number of fused-ring (bicyclic) bond motifs is 1. The lowest BCUT2D eigenvalue weighted by Gasteiger charge is -2.28. The number of aromatic nitrogens is 3. The van der Waals surface area contributed by atoms with Crippen molar-refractivity contribution in [3.8, 4) is 5.69 Å². The Morgan fingerprint density at radius 1 is 0.921 bits per heavy atom. The first-order chi connectivity index (χ1) is 18.7. The molecule has 38 heavy (non-hydrogen) atoms. The minimum absolute atomic E-state index is 0.0614. The number of anilines is 1. The summed E-state index contributed by atoms with van der Waals surface area (Å²) < 4.78 is 2.14. The van der Waals surface area contributed by atoms with Crippen molar-refractivity contribution in [2.75, 3.05) is 11.9 Å². The highest BCUT2D eigenvalue weighted by Gasteiger charge is 2.41. The van der Waals surface area contributed by atoms with Crippen LogP contribution in [-0.2, 0) is 4.79 Å². The predicted molar refractivity (Wildman–Crippen MR) is 153 cm³/mol. The van der Waals surface area contributed by atoms with Gasteiger partial charge in [0.05, 0.1) is 17.8 Å². The fraction of sp³-hybridized carbons (Fsp3) is 0.133. The number of carbonyl (C=O) groups excluding carboxylic acids is 1. The van der Waals surface area contributed by atoms with Gasteiger partial charge in [0.1, 0.15) is 0 Å². The predicted octanol–water partition coefficient (Wildman–Crippen LogP) is 5.42. The van der Waals surface area contributed by atoms with E-state index in [0.29, 0.717) is 11.7 Å². The third kappa shape index (κ3) is 4.62. The minimum atomic E-state index is -0.166. The largest absolute Gasteiger partial charge is 0.352 e. The average molecular weight is 519 g/mol. The first-order valence-corrected chi connectivity index (χ1v) is 12.9. The molecule has 1 fully saturated rings. The molecule has 6 rings (SSSR count). The van der Waals surface area contributed by atoms with Gasteiger partial charge < -0.3 is 20.1 Å². The van der Waals surface area contributed by atoms with Crippen molar-refractivity contribution in [3.05, 3.63) is 121 Å². The summed E-state index contributed by atoms with van der Waals surface area (Å²) >= 11 is 5.81. The van der Waals surface area contributed by atoms with Crippen LogP contribution in [-0.4, -0.2) is 37.0 Å². The lowest BCUT2D eigenvalue weighted by atomic mass is 10.0.